The smallest absolute Gasteiger partial charge is 0.422 e. The molecule has 0 unspecified atom stereocenters. The minimum atomic E-state index is -1.12. The van der Waals surface area contributed by atoms with E-state index in [2.05, 4.69) is 26.5 Å². The first-order chi connectivity index (χ1) is 21.9. The highest BCUT2D eigenvalue weighted by Gasteiger charge is 2.47. The van der Waals surface area contributed by atoms with E-state index in [4.69, 9.17) is 10.5 Å². The number of para-hydroxylation sites is 1. The molecule has 0 radical (unpaired) electrons. The Morgan fingerprint density at radius 3 is 2.37 bits per heavy atom. The molecule has 1 aliphatic rings. The van der Waals surface area contributed by atoms with Gasteiger partial charge in [-0.1, -0.05) is 73.9 Å². The molecule has 1 saturated carbocycles. The summed E-state index contributed by atoms with van der Waals surface area (Å²) in [4.78, 5) is 43.3. The first-order valence-corrected chi connectivity index (χ1v) is 16.1. The van der Waals surface area contributed by atoms with Gasteiger partial charge in [0.05, 0.1) is 35.3 Å². The number of nitrogens with zero attached hydrogens (tertiary/aromatic N) is 1. The third-order valence-corrected chi connectivity index (χ3v) is 8.42. The standard InChI is InChI=1S/C35H48N6O5/c1-34(2,3)46-33(45)41-38-23-30(42)35(26-15-8-5-9-16-26,21-24-12-6-4-7-13-24)40-32(44)29(20-31(36)43)37-22-27-19-18-25-14-10-11-17-28(25)39-27/h4,6-7,10-14,17-19,26,29-30,37-38,42H,5,8-9,15-16,20-23H2,1-3H3,(H2,36,43)(H,40,44)(H,41,45)/t29-,30-,35-/m0/s1. The van der Waals surface area contributed by atoms with Gasteiger partial charge in [0.15, 0.2) is 0 Å². The van der Waals surface area contributed by atoms with Crippen LogP contribution in [0.4, 0.5) is 4.79 Å². The summed E-state index contributed by atoms with van der Waals surface area (Å²) >= 11 is 0. The van der Waals surface area contributed by atoms with E-state index in [9.17, 15) is 19.5 Å². The van der Waals surface area contributed by atoms with Crippen LogP contribution in [0.15, 0.2) is 66.7 Å². The Kier molecular flexibility index (Phi) is 12.1. The van der Waals surface area contributed by atoms with Gasteiger partial charge in [0.25, 0.3) is 0 Å². The Morgan fingerprint density at radius 1 is 0.978 bits per heavy atom. The van der Waals surface area contributed by atoms with Crippen LogP contribution in [-0.2, 0) is 27.3 Å². The Labute approximate surface area is 271 Å². The number of amides is 3. The van der Waals surface area contributed by atoms with Crippen molar-refractivity contribution < 1.29 is 24.2 Å². The van der Waals surface area contributed by atoms with Gasteiger partial charge in [-0.2, -0.15) is 0 Å². The number of pyridine rings is 1. The van der Waals surface area contributed by atoms with Crippen LogP contribution in [0.3, 0.4) is 0 Å². The lowest BCUT2D eigenvalue weighted by atomic mass is 9.68. The van der Waals surface area contributed by atoms with Crippen molar-refractivity contribution >= 4 is 28.8 Å². The summed E-state index contributed by atoms with van der Waals surface area (Å²) in [5.41, 5.74) is 11.6. The average Bonchev–Trinajstić information content (AvgIpc) is 3.02. The zero-order valence-electron chi connectivity index (χ0n) is 27.1. The number of carbonyl (C=O) groups is 3. The van der Waals surface area contributed by atoms with E-state index < -0.39 is 41.2 Å². The maximum atomic E-state index is 14.2. The van der Waals surface area contributed by atoms with Gasteiger partial charge in [-0.15, -0.1) is 0 Å². The van der Waals surface area contributed by atoms with Crippen molar-refractivity contribution in [3.8, 4) is 0 Å². The highest BCUT2D eigenvalue weighted by molar-refractivity contribution is 5.88. The van der Waals surface area contributed by atoms with Crippen LogP contribution in [-0.4, -0.2) is 57.8 Å². The molecule has 1 heterocycles. The number of nitrogens with one attached hydrogen (secondary N) is 4. The van der Waals surface area contributed by atoms with Crippen LogP contribution >= 0.6 is 0 Å². The minimum absolute atomic E-state index is 0.0578. The first kappa shape index (κ1) is 34.8. The summed E-state index contributed by atoms with van der Waals surface area (Å²) in [6.45, 7) is 5.46. The lowest BCUT2D eigenvalue weighted by molar-refractivity contribution is -0.131. The normalized spacial score (nSPS) is 16.6. The maximum Gasteiger partial charge on any atom is 0.422 e. The van der Waals surface area contributed by atoms with Gasteiger partial charge in [0, 0.05) is 18.5 Å². The Balaban J connectivity index is 1.60. The van der Waals surface area contributed by atoms with Gasteiger partial charge >= 0.3 is 6.09 Å². The van der Waals surface area contributed by atoms with Crippen molar-refractivity contribution in [3.63, 3.8) is 0 Å². The number of hydrogen-bond acceptors (Lipinski definition) is 8. The highest BCUT2D eigenvalue weighted by Crippen LogP contribution is 2.37. The molecule has 0 bridgehead atoms. The van der Waals surface area contributed by atoms with E-state index in [1.54, 1.807) is 20.8 Å². The van der Waals surface area contributed by atoms with Gasteiger partial charge in [0.1, 0.15) is 5.60 Å². The Hall–Kier alpha value is -4.06. The van der Waals surface area contributed by atoms with Gasteiger partial charge in [-0.05, 0) is 63.6 Å². The summed E-state index contributed by atoms with van der Waals surface area (Å²) in [6.07, 6.45) is 2.92. The Bertz CT molecular complexity index is 1460. The zero-order chi connectivity index (χ0) is 33.2. The van der Waals surface area contributed by atoms with E-state index in [-0.39, 0.29) is 25.4 Å². The third-order valence-electron chi connectivity index (χ3n) is 8.42. The number of hydrazine groups is 1. The summed E-state index contributed by atoms with van der Waals surface area (Å²) in [7, 11) is 0. The van der Waals surface area contributed by atoms with Crippen LogP contribution in [0.2, 0.25) is 0 Å². The molecular weight excluding hydrogens is 584 g/mol. The number of aromatic nitrogens is 1. The number of carbonyl (C=O) groups excluding carboxylic acids is 3. The second kappa shape index (κ2) is 16.0. The lowest BCUT2D eigenvalue weighted by Crippen LogP contribution is -2.68. The largest absolute Gasteiger partial charge is 0.443 e. The predicted molar refractivity (Wildman–Crippen MR) is 177 cm³/mol. The maximum absolute atomic E-state index is 14.2. The third kappa shape index (κ3) is 9.97. The molecule has 248 valence electrons. The molecule has 1 aromatic heterocycles. The molecule has 46 heavy (non-hydrogen) atoms. The first-order valence-electron chi connectivity index (χ1n) is 16.1. The molecule has 11 heteroatoms. The molecule has 0 aliphatic heterocycles. The number of hydrogen-bond donors (Lipinski definition) is 6. The van der Waals surface area contributed by atoms with Gasteiger partial charge in [-0.3, -0.25) is 25.3 Å². The Morgan fingerprint density at radius 2 is 1.67 bits per heavy atom. The molecule has 3 amide bonds. The van der Waals surface area contributed by atoms with Gasteiger partial charge < -0.3 is 20.9 Å². The predicted octanol–water partition coefficient (Wildman–Crippen LogP) is 3.64. The van der Waals surface area contributed by atoms with Crippen LogP contribution in [0.5, 0.6) is 0 Å². The van der Waals surface area contributed by atoms with Crippen LogP contribution in [0, 0.1) is 5.92 Å². The van der Waals surface area contributed by atoms with Crippen molar-refractivity contribution in [1.29, 1.82) is 0 Å². The summed E-state index contributed by atoms with van der Waals surface area (Å²) in [6, 6.07) is 20.3. The second-order valence-corrected chi connectivity index (χ2v) is 13.1. The van der Waals surface area contributed by atoms with Crippen LogP contribution < -0.4 is 27.2 Å². The van der Waals surface area contributed by atoms with Crippen molar-refractivity contribution in [2.75, 3.05) is 6.54 Å². The molecule has 1 aliphatic carbocycles. The fourth-order valence-corrected chi connectivity index (χ4v) is 6.23. The molecule has 11 nitrogen and oxygen atoms in total. The zero-order valence-corrected chi connectivity index (χ0v) is 27.1. The number of aliphatic hydroxyl groups is 1. The fourth-order valence-electron chi connectivity index (χ4n) is 6.23. The average molecular weight is 633 g/mol. The topological polar surface area (TPSA) is 168 Å². The number of ether oxygens (including phenoxy) is 1. The van der Waals surface area contributed by atoms with Crippen LogP contribution in [0.25, 0.3) is 10.9 Å². The van der Waals surface area contributed by atoms with E-state index in [1.807, 2.05) is 66.7 Å². The molecule has 1 fully saturated rings. The number of aliphatic hydroxyl groups excluding tert-OH is 1. The fraction of sp³-hybridized carbons (Fsp3) is 0.486. The summed E-state index contributed by atoms with van der Waals surface area (Å²) in [5.74, 6) is -1.14. The van der Waals surface area contributed by atoms with Crippen molar-refractivity contribution in [2.24, 2.45) is 11.7 Å². The van der Waals surface area contributed by atoms with Crippen molar-refractivity contribution in [2.45, 2.75) is 95.5 Å². The molecule has 4 rings (SSSR count). The number of fused-ring (bicyclic) bond motifs is 1. The van der Waals surface area contributed by atoms with Crippen molar-refractivity contribution in [1.82, 2.24) is 26.5 Å². The molecular formula is C35H48N6O5. The van der Waals surface area contributed by atoms with Gasteiger partial charge in [-0.25, -0.2) is 10.2 Å². The van der Waals surface area contributed by atoms with E-state index in [1.165, 1.54) is 0 Å². The summed E-state index contributed by atoms with van der Waals surface area (Å²) in [5, 5.41) is 19.4. The SMILES string of the molecule is CC(C)(C)OC(=O)NNC[C@H](O)[C@@](Cc1ccccc1)(NC(=O)[C@H](CC(N)=O)NCc1ccc2ccccc2n1)C1CCCCC1. The van der Waals surface area contributed by atoms with Gasteiger partial charge in [0.2, 0.25) is 11.8 Å². The monoisotopic (exact) mass is 632 g/mol. The second-order valence-electron chi connectivity index (χ2n) is 13.1. The molecule has 3 aromatic rings. The number of primary amides is 1. The summed E-state index contributed by atoms with van der Waals surface area (Å²) < 4.78 is 5.32. The molecule has 0 spiro atoms. The molecule has 2 aromatic carbocycles. The highest BCUT2D eigenvalue weighted by atomic mass is 16.6. The van der Waals surface area contributed by atoms with Crippen molar-refractivity contribution in [3.05, 3.63) is 78.0 Å². The minimum Gasteiger partial charge on any atom is -0.443 e. The lowest BCUT2D eigenvalue weighted by Gasteiger charge is -2.47. The number of nitrogens with two attached hydrogens (primary N) is 1. The quantitative estimate of drug-likeness (QED) is 0.147. The number of benzene rings is 2. The number of rotatable bonds is 14. The molecule has 3 atom stereocenters. The molecule has 7 N–H and O–H groups in total. The molecule has 0 saturated heterocycles. The van der Waals surface area contributed by atoms with E-state index in [0.717, 1.165) is 48.6 Å². The van der Waals surface area contributed by atoms with Crippen LogP contribution in [0.1, 0.15) is 70.6 Å². The van der Waals surface area contributed by atoms with E-state index >= 15 is 0 Å². The van der Waals surface area contributed by atoms with E-state index in [0.29, 0.717) is 12.1 Å².